The summed E-state index contributed by atoms with van der Waals surface area (Å²) in [5.74, 6) is 1.04. The average Bonchev–Trinajstić information content (AvgIpc) is 2.04. The van der Waals surface area contributed by atoms with Gasteiger partial charge in [-0.25, -0.2) is 0 Å². The van der Waals surface area contributed by atoms with E-state index in [4.69, 9.17) is 10.8 Å². The quantitative estimate of drug-likeness (QED) is 0.670. The van der Waals surface area contributed by atoms with Crippen molar-refractivity contribution < 1.29 is 5.11 Å². The molecular formula is C9H21NOS. The van der Waals surface area contributed by atoms with Crippen molar-refractivity contribution in [3.63, 3.8) is 0 Å². The molecule has 0 aromatic heterocycles. The summed E-state index contributed by atoms with van der Waals surface area (Å²) >= 11 is 1.93. The summed E-state index contributed by atoms with van der Waals surface area (Å²) < 4.78 is 0. The van der Waals surface area contributed by atoms with E-state index < -0.39 is 0 Å². The van der Waals surface area contributed by atoms with Gasteiger partial charge in [0.15, 0.2) is 0 Å². The molecule has 0 saturated heterocycles. The standard InChI is InChI=1S/C9H21NOS/c1-4-8(2)12-6-5-9(3,10)7-11/h8,11H,4-7,10H2,1-3H3. The van der Waals surface area contributed by atoms with Crippen molar-refractivity contribution in [2.24, 2.45) is 5.73 Å². The highest BCUT2D eigenvalue weighted by Gasteiger charge is 2.16. The summed E-state index contributed by atoms with van der Waals surface area (Å²) in [5.41, 5.74) is 5.39. The Morgan fingerprint density at radius 3 is 2.58 bits per heavy atom. The van der Waals surface area contributed by atoms with Crippen molar-refractivity contribution in [2.75, 3.05) is 12.4 Å². The van der Waals surface area contributed by atoms with Gasteiger partial charge in [0, 0.05) is 10.8 Å². The molecule has 12 heavy (non-hydrogen) atoms. The van der Waals surface area contributed by atoms with Gasteiger partial charge in [-0.1, -0.05) is 13.8 Å². The van der Waals surface area contributed by atoms with Gasteiger partial charge in [0.2, 0.25) is 0 Å². The second-order valence-corrected chi connectivity index (χ2v) is 5.20. The lowest BCUT2D eigenvalue weighted by molar-refractivity contribution is 0.206. The highest BCUT2D eigenvalue weighted by molar-refractivity contribution is 7.99. The van der Waals surface area contributed by atoms with E-state index in [-0.39, 0.29) is 12.1 Å². The molecule has 3 N–H and O–H groups in total. The van der Waals surface area contributed by atoms with Crippen molar-refractivity contribution in [3.05, 3.63) is 0 Å². The Morgan fingerprint density at radius 2 is 2.17 bits per heavy atom. The molecule has 2 nitrogen and oxygen atoms in total. The van der Waals surface area contributed by atoms with Gasteiger partial charge in [-0.2, -0.15) is 11.8 Å². The van der Waals surface area contributed by atoms with Crippen LogP contribution in [0, 0.1) is 0 Å². The van der Waals surface area contributed by atoms with E-state index in [0.717, 1.165) is 12.2 Å². The van der Waals surface area contributed by atoms with E-state index in [2.05, 4.69) is 13.8 Å². The van der Waals surface area contributed by atoms with Crippen molar-refractivity contribution in [3.8, 4) is 0 Å². The fraction of sp³-hybridized carbons (Fsp3) is 1.00. The maximum Gasteiger partial charge on any atom is 0.0608 e. The summed E-state index contributed by atoms with van der Waals surface area (Å²) in [6.07, 6.45) is 2.09. The monoisotopic (exact) mass is 191 g/mol. The van der Waals surface area contributed by atoms with Crippen LogP contribution in [0.3, 0.4) is 0 Å². The predicted octanol–water partition coefficient (Wildman–Crippen LogP) is 1.62. The molecular weight excluding hydrogens is 170 g/mol. The molecule has 0 bridgehead atoms. The second-order valence-electron chi connectivity index (χ2n) is 3.65. The van der Waals surface area contributed by atoms with Gasteiger partial charge >= 0.3 is 0 Å². The number of aliphatic hydroxyl groups excluding tert-OH is 1. The molecule has 0 spiro atoms. The number of hydrogen-bond donors (Lipinski definition) is 2. The first-order chi connectivity index (χ1) is 5.52. The van der Waals surface area contributed by atoms with Crippen molar-refractivity contribution in [1.29, 1.82) is 0 Å². The molecule has 0 heterocycles. The Bertz CT molecular complexity index is 117. The molecule has 74 valence electrons. The lowest BCUT2D eigenvalue weighted by atomic mass is 10.0. The molecule has 2 atom stereocenters. The van der Waals surface area contributed by atoms with Crippen LogP contribution < -0.4 is 5.73 Å². The Hall–Kier alpha value is 0.270. The molecule has 0 rings (SSSR count). The van der Waals surface area contributed by atoms with Crippen LogP contribution in [0.25, 0.3) is 0 Å². The van der Waals surface area contributed by atoms with Gasteiger partial charge in [0.25, 0.3) is 0 Å². The van der Waals surface area contributed by atoms with Gasteiger partial charge in [0.1, 0.15) is 0 Å². The zero-order chi connectivity index (χ0) is 9.61. The normalized spacial score (nSPS) is 18.8. The molecule has 3 heteroatoms. The number of hydrogen-bond acceptors (Lipinski definition) is 3. The first-order valence-electron chi connectivity index (χ1n) is 4.53. The number of thioether (sulfide) groups is 1. The maximum absolute atomic E-state index is 8.88. The smallest absolute Gasteiger partial charge is 0.0608 e. The van der Waals surface area contributed by atoms with Crippen molar-refractivity contribution >= 4 is 11.8 Å². The third-order valence-corrected chi connectivity index (χ3v) is 3.35. The lowest BCUT2D eigenvalue weighted by Crippen LogP contribution is -2.40. The Morgan fingerprint density at radius 1 is 1.58 bits per heavy atom. The van der Waals surface area contributed by atoms with Gasteiger partial charge in [-0.05, 0) is 25.5 Å². The lowest BCUT2D eigenvalue weighted by Gasteiger charge is -2.21. The summed E-state index contributed by atoms with van der Waals surface area (Å²) in [7, 11) is 0. The SMILES string of the molecule is CCC(C)SCCC(C)(N)CO. The maximum atomic E-state index is 8.88. The van der Waals surface area contributed by atoms with Crippen molar-refractivity contribution in [2.45, 2.75) is 44.4 Å². The van der Waals surface area contributed by atoms with Crippen LogP contribution in [-0.4, -0.2) is 28.3 Å². The highest BCUT2D eigenvalue weighted by Crippen LogP contribution is 2.17. The van der Waals surface area contributed by atoms with E-state index in [9.17, 15) is 0 Å². The number of aliphatic hydroxyl groups is 1. The van der Waals surface area contributed by atoms with E-state index in [1.165, 1.54) is 6.42 Å². The zero-order valence-corrected chi connectivity index (χ0v) is 9.16. The summed E-state index contributed by atoms with van der Waals surface area (Å²) in [6.45, 7) is 6.38. The Balaban J connectivity index is 3.42. The van der Waals surface area contributed by atoms with Gasteiger partial charge in [-0.3, -0.25) is 0 Å². The molecule has 0 aromatic rings. The molecule has 0 aliphatic carbocycles. The Labute approximate surface area is 79.9 Å². The van der Waals surface area contributed by atoms with E-state index in [0.29, 0.717) is 5.25 Å². The van der Waals surface area contributed by atoms with Gasteiger partial charge < -0.3 is 10.8 Å². The molecule has 2 unspecified atom stereocenters. The molecule has 0 aliphatic rings. The molecule has 0 saturated carbocycles. The predicted molar refractivity (Wildman–Crippen MR) is 56.5 cm³/mol. The topological polar surface area (TPSA) is 46.2 Å². The van der Waals surface area contributed by atoms with Crippen molar-refractivity contribution in [1.82, 2.24) is 0 Å². The average molecular weight is 191 g/mol. The molecule has 0 radical (unpaired) electrons. The van der Waals surface area contributed by atoms with Gasteiger partial charge in [-0.15, -0.1) is 0 Å². The van der Waals surface area contributed by atoms with Crippen LogP contribution in [0.5, 0.6) is 0 Å². The molecule has 0 aliphatic heterocycles. The minimum Gasteiger partial charge on any atom is -0.394 e. The number of rotatable bonds is 6. The Kier molecular flexibility index (Phi) is 5.97. The third kappa shape index (κ3) is 5.86. The fourth-order valence-corrected chi connectivity index (χ4v) is 1.91. The summed E-state index contributed by atoms with van der Waals surface area (Å²) in [6, 6.07) is 0. The summed E-state index contributed by atoms with van der Waals surface area (Å²) in [5, 5.41) is 9.59. The zero-order valence-electron chi connectivity index (χ0n) is 8.34. The van der Waals surface area contributed by atoms with Crippen LogP contribution >= 0.6 is 11.8 Å². The molecule has 0 aromatic carbocycles. The number of nitrogens with two attached hydrogens (primary N) is 1. The van der Waals surface area contributed by atoms with E-state index in [1.807, 2.05) is 18.7 Å². The fourth-order valence-electron chi connectivity index (χ4n) is 0.690. The third-order valence-electron chi connectivity index (χ3n) is 2.01. The van der Waals surface area contributed by atoms with Crippen LogP contribution in [0.4, 0.5) is 0 Å². The second kappa shape index (κ2) is 5.84. The van der Waals surface area contributed by atoms with E-state index >= 15 is 0 Å². The van der Waals surface area contributed by atoms with Gasteiger partial charge in [0.05, 0.1) is 6.61 Å². The molecule has 0 amide bonds. The molecule has 0 fully saturated rings. The minimum absolute atomic E-state index is 0.0774. The summed E-state index contributed by atoms with van der Waals surface area (Å²) in [4.78, 5) is 0. The first kappa shape index (κ1) is 12.3. The highest BCUT2D eigenvalue weighted by atomic mass is 32.2. The van der Waals surface area contributed by atoms with Crippen LogP contribution in [0.2, 0.25) is 0 Å². The van der Waals surface area contributed by atoms with Crippen LogP contribution in [-0.2, 0) is 0 Å². The minimum atomic E-state index is -0.388. The van der Waals surface area contributed by atoms with E-state index in [1.54, 1.807) is 0 Å². The largest absolute Gasteiger partial charge is 0.394 e. The van der Waals surface area contributed by atoms with Crippen LogP contribution in [0.15, 0.2) is 0 Å². The van der Waals surface area contributed by atoms with Crippen LogP contribution in [0.1, 0.15) is 33.6 Å². The first-order valence-corrected chi connectivity index (χ1v) is 5.58.